The van der Waals surface area contributed by atoms with Crippen molar-refractivity contribution < 1.29 is 0 Å². The molecule has 0 unspecified atom stereocenters. The predicted octanol–water partition coefficient (Wildman–Crippen LogP) is 2.36. The Hall–Kier alpha value is -1.69. The van der Waals surface area contributed by atoms with E-state index in [0.717, 1.165) is 35.3 Å². The zero-order valence-electron chi connectivity index (χ0n) is 10.9. The number of rotatable bonds is 5. The molecule has 0 atom stereocenters. The van der Waals surface area contributed by atoms with Crippen molar-refractivity contribution in [3.63, 3.8) is 0 Å². The van der Waals surface area contributed by atoms with Crippen LogP contribution in [0.1, 0.15) is 35.3 Å². The van der Waals surface area contributed by atoms with E-state index in [4.69, 9.17) is 5.73 Å². The van der Waals surface area contributed by atoms with Crippen LogP contribution in [-0.2, 0) is 6.42 Å². The number of anilines is 2. The molecule has 2 heterocycles. The molecule has 2 aromatic rings. The standard InChI is InChI=1S/C13H17N5S/c1-8-16-10(7-19-8)4-5-15-12-6-11(14)17-13(18-12)9-2-3-9/h6-7,9H,2-5H2,1H3,(H3,14,15,17,18). The first-order valence-electron chi connectivity index (χ1n) is 6.50. The number of thiazole rings is 1. The van der Waals surface area contributed by atoms with Gasteiger partial charge in [-0.2, -0.15) is 0 Å². The van der Waals surface area contributed by atoms with Crippen molar-refractivity contribution in [3.8, 4) is 0 Å². The molecule has 0 spiro atoms. The van der Waals surface area contributed by atoms with Gasteiger partial charge in [0.2, 0.25) is 0 Å². The summed E-state index contributed by atoms with van der Waals surface area (Å²) in [4.78, 5) is 13.2. The van der Waals surface area contributed by atoms with Crippen LogP contribution in [0.4, 0.5) is 11.6 Å². The number of aryl methyl sites for hydroxylation is 1. The zero-order valence-corrected chi connectivity index (χ0v) is 11.7. The summed E-state index contributed by atoms with van der Waals surface area (Å²) in [6, 6.07) is 1.79. The van der Waals surface area contributed by atoms with E-state index in [1.165, 1.54) is 12.8 Å². The molecule has 3 rings (SSSR count). The fourth-order valence-electron chi connectivity index (χ4n) is 1.94. The van der Waals surface area contributed by atoms with E-state index >= 15 is 0 Å². The molecule has 0 aliphatic heterocycles. The first kappa shape index (κ1) is 12.3. The van der Waals surface area contributed by atoms with E-state index in [0.29, 0.717) is 11.7 Å². The lowest BCUT2D eigenvalue weighted by atomic mass is 10.3. The Balaban J connectivity index is 1.60. The van der Waals surface area contributed by atoms with Crippen molar-refractivity contribution in [1.82, 2.24) is 15.0 Å². The van der Waals surface area contributed by atoms with E-state index in [-0.39, 0.29) is 0 Å². The molecule has 1 fully saturated rings. The van der Waals surface area contributed by atoms with Gasteiger partial charge in [-0.05, 0) is 19.8 Å². The Bertz CT molecular complexity index is 576. The third-order valence-electron chi connectivity index (χ3n) is 3.06. The fraction of sp³-hybridized carbons (Fsp3) is 0.462. The summed E-state index contributed by atoms with van der Waals surface area (Å²) >= 11 is 1.68. The SMILES string of the molecule is Cc1nc(CCNc2cc(N)nc(C3CC3)n2)cs1. The summed E-state index contributed by atoms with van der Waals surface area (Å²) in [6.07, 6.45) is 3.26. The fourth-order valence-corrected chi connectivity index (χ4v) is 2.59. The molecule has 1 aliphatic rings. The largest absolute Gasteiger partial charge is 0.384 e. The van der Waals surface area contributed by atoms with Crippen LogP contribution in [0.5, 0.6) is 0 Å². The molecule has 19 heavy (non-hydrogen) atoms. The third kappa shape index (κ3) is 3.20. The van der Waals surface area contributed by atoms with Gasteiger partial charge >= 0.3 is 0 Å². The van der Waals surface area contributed by atoms with Crippen LogP contribution in [-0.4, -0.2) is 21.5 Å². The summed E-state index contributed by atoms with van der Waals surface area (Å²) in [5.74, 6) is 2.77. The van der Waals surface area contributed by atoms with Crippen LogP contribution in [0.3, 0.4) is 0 Å². The third-order valence-corrected chi connectivity index (χ3v) is 3.88. The number of nitrogens with zero attached hydrogens (tertiary/aromatic N) is 3. The van der Waals surface area contributed by atoms with Crippen molar-refractivity contribution in [2.24, 2.45) is 0 Å². The van der Waals surface area contributed by atoms with Gasteiger partial charge in [0.05, 0.1) is 10.7 Å². The molecular formula is C13H17N5S. The Labute approximate surface area is 116 Å². The first-order valence-corrected chi connectivity index (χ1v) is 7.38. The van der Waals surface area contributed by atoms with Gasteiger partial charge in [-0.25, -0.2) is 15.0 Å². The highest BCUT2D eigenvalue weighted by Crippen LogP contribution is 2.38. The lowest BCUT2D eigenvalue weighted by molar-refractivity contribution is 0.912. The normalized spacial score (nSPS) is 14.6. The van der Waals surface area contributed by atoms with Crippen LogP contribution in [0.2, 0.25) is 0 Å². The van der Waals surface area contributed by atoms with Crippen LogP contribution in [0.25, 0.3) is 0 Å². The Morgan fingerprint density at radius 3 is 2.89 bits per heavy atom. The molecule has 0 aromatic carbocycles. The average molecular weight is 275 g/mol. The molecule has 0 radical (unpaired) electrons. The van der Waals surface area contributed by atoms with Crippen LogP contribution < -0.4 is 11.1 Å². The van der Waals surface area contributed by atoms with E-state index in [2.05, 4.69) is 25.6 Å². The zero-order chi connectivity index (χ0) is 13.2. The second-order valence-corrected chi connectivity index (χ2v) is 5.91. The second kappa shape index (κ2) is 5.13. The number of nitrogens with two attached hydrogens (primary N) is 1. The van der Waals surface area contributed by atoms with Crippen molar-refractivity contribution in [2.45, 2.75) is 32.1 Å². The molecule has 0 amide bonds. The quantitative estimate of drug-likeness (QED) is 0.876. The lowest BCUT2D eigenvalue weighted by Crippen LogP contribution is -2.09. The molecule has 0 saturated heterocycles. The Morgan fingerprint density at radius 2 is 2.21 bits per heavy atom. The smallest absolute Gasteiger partial charge is 0.136 e. The number of nitrogen functional groups attached to an aromatic ring is 1. The van der Waals surface area contributed by atoms with Gasteiger partial charge in [-0.3, -0.25) is 0 Å². The highest BCUT2D eigenvalue weighted by Gasteiger charge is 2.27. The van der Waals surface area contributed by atoms with Gasteiger partial charge in [-0.15, -0.1) is 11.3 Å². The molecule has 3 N–H and O–H groups in total. The average Bonchev–Trinajstić information content (AvgIpc) is 3.13. The van der Waals surface area contributed by atoms with Crippen molar-refractivity contribution >= 4 is 23.0 Å². The number of nitrogens with one attached hydrogen (secondary N) is 1. The monoisotopic (exact) mass is 275 g/mol. The summed E-state index contributed by atoms with van der Waals surface area (Å²) in [7, 11) is 0. The van der Waals surface area contributed by atoms with E-state index < -0.39 is 0 Å². The maximum Gasteiger partial charge on any atom is 0.136 e. The summed E-state index contributed by atoms with van der Waals surface area (Å²) in [5.41, 5.74) is 6.93. The number of aromatic nitrogens is 3. The van der Waals surface area contributed by atoms with Crippen molar-refractivity contribution in [3.05, 3.63) is 28.0 Å². The van der Waals surface area contributed by atoms with E-state index in [9.17, 15) is 0 Å². The Morgan fingerprint density at radius 1 is 1.37 bits per heavy atom. The molecule has 100 valence electrons. The molecule has 1 saturated carbocycles. The van der Waals surface area contributed by atoms with Gasteiger partial charge < -0.3 is 11.1 Å². The minimum atomic E-state index is 0.519. The predicted molar refractivity (Wildman–Crippen MR) is 77.5 cm³/mol. The van der Waals surface area contributed by atoms with Crippen LogP contribution in [0.15, 0.2) is 11.4 Å². The van der Waals surface area contributed by atoms with Crippen molar-refractivity contribution in [2.75, 3.05) is 17.6 Å². The summed E-state index contributed by atoms with van der Waals surface area (Å²) < 4.78 is 0. The van der Waals surface area contributed by atoms with Gasteiger partial charge in [0.25, 0.3) is 0 Å². The van der Waals surface area contributed by atoms with Gasteiger partial charge in [0, 0.05) is 30.3 Å². The molecule has 0 bridgehead atoms. The molecule has 6 heteroatoms. The van der Waals surface area contributed by atoms with Crippen LogP contribution >= 0.6 is 11.3 Å². The lowest BCUT2D eigenvalue weighted by Gasteiger charge is -2.07. The van der Waals surface area contributed by atoms with Gasteiger partial charge in [0.15, 0.2) is 0 Å². The van der Waals surface area contributed by atoms with Crippen LogP contribution in [0, 0.1) is 6.92 Å². The minimum absolute atomic E-state index is 0.519. The molecular weight excluding hydrogens is 258 g/mol. The molecule has 1 aliphatic carbocycles. The van der Waals surface area contributed by atoms with Gasteiger partial charge in [-0.1, -0.05) is 0 Å². The molecule has 5 nitrogen and oxygen atoms in total. The summed E-state index contributed by atoms with van der Waals surface area (Å²) in [5, 5.41) is 6.51. The second-order valence-electron chi connectivity index (χ2n) is 4.85. The maximum atomic E-state index is 5.81. The highest BCUT2D eigenvalue weighted by atomic mass is 32.1. The summed E-state index contributed by atoms with van der Waals surface area (Å²) in [6.45, 7) is 2.83. The van der Waals surface area contributed by atoms with E-state index in [1.807, 2.05) is 6.92 Å². The number of hydrogen-bond acceptors (Lipinski definition) is 6. The van der Waals surface area contributed by atoms with Gasteiger partial charge in [0.1, 0.15) is 17.5 Å². The topological polar surface area (TPSA) is 76.7 Å². The van der Waals surface area contributed by atoms with E-state index in [1.54, 1.807) is 17.4 Å². The highest BCUT2D eigenvalue weighted by molar-refractivity contribution is 7.09. The number of hydrogen-bond donors (Lipinski definition) is 2. The minimum Gasteiger partial charge on any atom is -0.384 e. The maximum absolute atomic E-state index is 5.81. The van der Waals surface area contributed by atoms with Crippen molar-refractivity contribution in [1.29, 1.82) is 0 Å². The molecule has 2 aromatic heterocycles. The first-order chi connectivity index (χ1) is 9.20. The Kier molecular flexibility index (Phi) is 3.33.